The summed E-state index contributed by atoms with van der Waals surface area (Å²) < 4.78 is 11.2. The van der Waals surface area contributed by atoms with E-state index in [1.54, 1.807) is 55.7 Å². The molecule has 4 rings (SSSR count). The first-order valence-corrected chi connectivity index (χ1v) is 11.3. The number of hydrogen-bond acceptors (Lipinski definition) is 5. The van der Waals surface area contributed by atoms with Gasteiger partial charge < -0.3 is 9.47 Å². The largest absolute Gasteiger partial charge is 0.497 e. The molecule has 1 saturated heterocycles. The fourth-order valence-electron chi connectivity index (χ4n) is 3.59. The summed E-state index contributed by atoms with van der Waals surface area (Å²) in [5.74, 6) is 0.156. The van der Waals surface area contributed by atoms with Crippen molar-refractivity contribution in [2.45, 2.75) is 13.3 Å². The number of amides is 2. The van der Waals surface area contributed by atoms with Gasteiger partial charge in [-0.3, -0.25) is 19.4 Å². The minimum Gasteiger partial charge on any atom is -0.497 e. The summed E-state index contributed by atoms with van der Waals surface area (Å²) in [6.07, 6.45) is 2.37. The van der Waals surface area contributed by atoms with Crippen LogP contribution in [0.5, 0.6) is 11.5 Å². The Labute approximate surface area is 204 Å². The number of thiocarbonyl (C=S) groups is 1. The molecule has 172 valence electrons. The van der Waals surface area contributed by atoms with Gasteiger partial charge in [0, 0.05) is 11.6 Å². The molecule has 34 heavy (non-hydrogen) atoms. The van der Waals surface area contributed by atoms with Gasteiger partial charge in [0.15, 0.2) is 5.11 Å². The summed E-state index contributed by atoms with van der Waals surface area (Å²) in [5, 5.41) is 0.0988. The molecule has 1 aliphatic rings. The van der Waals surface area contributed by atoms with Crippen LogP contribution < -0.4 is 19.3 Å². The van der Waals surface area contributed by atoms with Gasteiger partial charge in [0.1, 0.15) is 17.1 Å². The smallest absolute Gasteiger partial charge is 0.270 e. The van der Waals surface area contributed by atoms with E-state index in [4.69, 9.17) is 21.7 Å². The zero-order chi connectivity index (χ0) is 24.1. The van der Waals surface area contributed by atoms with Gasteiger partial charge in [-0.2, -0.15) is 0 Å². The number of carbonyl (C=O) groups is 2. The zero-order valence-electron chi connectivity index (χ0n) is 18.9. The molecular weight excluding hydrogens is 448 g/mol. The molecule has 3 aromatic rings. The number of ether oxygens (including phenoxy) is 2. The van der Waals surface area contributed by atoms with Crippen LogP contribution in [-0.2, 0) is 9.59 Å². The molecule has 0 unspecified atom stereocenters. The fraction of sp³-hybridized carbons (Fsp3) is 0.148. The van der Waals surface area contributed by atoms with E-state index in [2.05, 4.69) is 0 Å². The second-order valence-electron chi connectivity index (χ2n) is 7.55. The standard InChI is InChI=1S/C27H24N2O4S/c1-3-16-33-24-18-22(32-2)15-14-19(24)17-23-25(30)28(20-10-6-4-7-11-20)27(34)29(26(23)31)21-12-8-5-9-13-21/h4-15,17-18H,3,16H2,1-2H3. The molecule has 2 amide bonds. The minimum atomic E-state index is -0.495. The van der Waals surface area contributed by atoms with Crippen molar-refractivity contribution < 1.29 is 19.1 Å². The number of hydrogen-bond donors (Lipinski definition) is 0. The van der Waals surface area contributed by atoms with Crippen molar-refractivity contribution in [2.75, 3.05) is 23.5 Å². The fourth-order valence-corrected chi connectivity index (χ4v) is 3.97. The van der Waals surface area contributed by atoms with Crippen LogP contribution in [0.25, 0.3) is 6.08 Å². The van der Waals surface area contributed by atoms with E-state index < -0.39 is 11.8 Å². The monoisotopic (exact) mass is 472 g/mol. The Morgan fingerprint density at radius 1 is 0.853 bits per heavy atom. The lowest BCUT2D eigenvalue weighted by Gasteiger charge is -2.36. The van der Waals surface area contributed by atoms with Crippen LogP contribution in [0.4, 0.5) is 11.4 Å². The summed E-state index contributed by atoms with van der Waals surface area (Å²) in [5.41, 5.74) is 1.73. The predicted molar refractivity (Wildman–Crippen MR) is 137 cm³/mol. The molecule has 0 atom stereocenters. The van der Waals surface area contributed by atoms with Gasteiger partial charge in [-0.25, -0.2) is 0 Å². The van der Waals surface area contributed by atoms with Crippen molar-refractivity contribution in [3.63, 3.8) is 0 Å². The highest BCUT2D eigenvalue weighted by Gasteiger charge is 2.41. The number of benzene rings is 3. The molecule has 1 heterocycles. The molecule has 0 spiro atoms. The van der Waals surface area contributed by atoms with Crippen LogP contribution in [0.2, 0.25) is 0 Å². The third-order valence-electron chi connectivity index (χ3n) is 5.26. The van der Waals surface area contributed by atoms with Crippen LogP contribution in [-0.4, -0.2) is 30.6 Å². The highest BCUT2D eigenvalue weighted by atomic mass is 32.1. The topological polar surface area (TPSA) is 59.1 Å². The van der Waals surface area contributed by atoms with Crippen molar-refractivity contribution in [1.82, 2.24) is 0 Å². The first-order valence-electron chi connectivity index (χ1n) is 10.9. The lowest BCUT2D eigenvalue weighted by atomic mass is 10.0. The Bertz CT molecular complexity index is 1180. The quantitative estimate of drug-likeness (QED) is 0.268. The predicted octanol–water partition coefficient (Wildman–Crippen LogP) is 5.23. The number of carbonyl (C=O) groups excluding carboxylic acids is 2. The van der Waals surface area contributed by atoms with Crippen molar-refractivity contribution in [2.24, 2.45) is 0 Å². The summed E-state index contributed by atoms with van der Waals surface area (Å²) >= 11 is 5.64. The van der Waals surface area contributed by atoms with Gasteiger partial charge in [0.2, 0.25) is 0 Å². The first kappa shape index (κ1) is 23.2. The lowest BCUT2D eigenvalue weighted by molar-refractivity contribution is -0.120. The Balaban J connectivity index is 1.86. The van der Waals surface area contributed by atoms with E-state index in [0.717, 1.165) is 6.42 Å². The average molecular weight is 473 g/mol. The minimum absolute atomic E-state index is 0.0205. The van der Waals surface area contributed by atoms with Gasteiger partial charge in [0.25, 0.3) is 11.8 Å². The van der Waals surface area contributed by atoms with Crippen LogP contribution >= 0.6 is 12.2 Å². The van der Waals surface area contributed by atoms with E-state index in [1.165, 1.54) is 9.80 Å². The van der Waals surface area contributed by atoms with Crippen LogP contribution in [0.15, 0.2) is 84.4 Å². The van der Waals surface area contributed by atoms with Crippen molar-refractivity contribution in [3.8, 4) is 11.5 Å². The number of para-hydroxylation sites is 2. The molecule has 0 saturated carbocycles. The molecule has 0 aliphatic carbocycles. The summed E-state index contributed by atoms with van der Waals surface area (Å²) in [6.45, 7) is 2.49. The molecule has 1 aliphatic heterocycles. The van der Waals surface area contributed by atoms with Gasteiger partial charge >= 0.3 is 0 Å². The van der Waals surface area contributed by atoms with Crippen molar-refractivity contribution in [3.05, 3.63) is 90.0 Å². The van der Waals surface area contributed by atoms with E-state index in [0.29, 0.717) is 35.0 Å². The third-order valence-corrected chi connectivity index (χ3v) is 5.63. The lowest BCUT2D eigenvalue weighted by Crippen LogP contribution is -2.56. The summed E-state index contributed by atoms with van der Waals surface area (Å²) in [6, 6.07) is 23.4. The van der Waals surface area contributed by atoms with Gasteiger partial charge in [-0.15, -0.1) is 0 Å². The number of rotatable bonds is 7. The molecule has 3 aromatic carbocycles. The molecular formula is C27H24N2O4S. The normalized spacial score (nSPS) is 13.8. The van der Waals surface area contributed by atoms with Gasteiger partial charge in [-0.1, -0.05) is 43.3 Å². The first-order chi connectivity index (χ1) is 16.5. The van der Waals surface area contributed by atoms with Crippen molar-refractivity contribution >= 4 is 46.6 Å². The van der Waals surface area contributed by atoms with Crippen molar-refractivity contribution in [1.29, 1.82) is 0 Å². The van der Waals surface area contributed by atoms with E-state index in [9.17, 15) is 9.59 Å². The highest BCUT2D eigenvalue weighted by molar-refractivity contribution is 7.81. The molecule has 6 nitrogen and oxygen atoms in total. The Morgan fingerprint density at radius 2 is 1.41 bits per heavy atom. The third kappa shape index (κ3) is 4.56. The molecule has 0 N–H and O–H groups in total. The van der Waals surface area contributed by atoms with Crippen LogP contribution in [0.3, 0.4) is 0 Å². The van der Waals surface area contributed by atoms with Crippen LogP contribution in [0.1, 0.15) is 18.9 Å². The van der Waals surface area contributed by atoms with Crippen LogP contribution in [0, 0.1) is 0 Å². The van der Waals surface area contributed by atoms with Gasteiger partial charge in [0.05, 0.1) is 25.1 Å². The molecule has 0 aromatic heterocycles. The molecule has 7 heteroatoms. The second-order valence-corrected chi connectivity index (χ2v) is 7.91. The zero-order valence-corrected chi connectivity index (χ0v) is 19.7. The number of methoxy groups -OCH3 is 1. The van der Waals surface area contributed by atoms with E-state index >= 15 is 0 Å². The number of nitrogens with zero attached hydrogens (tertiary/aromatic N) is 2. The summed E-state index contributed by atoms with van der Waals surface area (Å²) in [7, 11) is 1.57. The molecule has 0 bridgehead atoms. The highest BCUT2D eigenvalue weighted by Crippen LogP contribution is 2.32. The maximum Gasteiger partial charge on any atom is 0.270 e. The Morgan fingerprint density at radius 3 is 1.91 bits per heavy atom. The maximum absolute atomic E-state index is 13.6. The molecule has 1 fully saturated rings. The van der Waals surface area contributed by atoms with Gasteiger partial charge in [-0.05, 0) is 61.1 Å². The Hall–Kier alpha value is -3.97. The molecule has 0 radical (unpaired) electrons. The second kappa shape index (κ2) is 10.3. The number of anilines is 2. The van der Waals surface area contributed by atoms with E-state index in [-0.39, 0.29) is 10.7 Å². The average Bonchev–Trinajstić information content (AvgIpc) is 2.87. The Kier molecular flexibility index (Phi) is 7.04. The SMILES string of the molecule is CCCOc1cc(OC)ccc1C=C1C(=O)N(c2ccccc2)C(=S)N(c2ccccc2)C1=O. The maximum atomic E-state index is 13.6. The summed E-state index contributed by atoms with van der Waals surface area (Å²) in [4.78, 5) is 30.0. The van der Waals surface area contributed by atoms with E-state index in [1.807, 2.05) is 43.3 Å².